The summed E-state index contributed by atoms with van der Waals surface area (Å²) in [7, 11) is 0. The molecule has 1 unspecified atom stereocenters. The molecule has 1 aromatic heterocycles. The van der Waals surface area contributed by atoms with Gasteiger partial charge in [-0.15, -0.1) is 0 Å². The molecule has 0 spiro atoms. The van der Waals surface area contributed by atoms with Crippen molar-refractivity contribution in [2.24, 2.45) is 0 Å². The fourth-order valence-electron chi connectivity index (χ4n) is 3.40. The van der Waals surface area contributed by atoms with Gasteiger partial charge in [0.15, 0.2) is 5.82 Å². The Labute approximate surface area is 198 Å². The number of nitrogens with zero attached hydrogens (tertiary/aromatic N) is 4. The molecule has 1 amide bonds. The quantitative estimate of drug-likeness (QED) is 0.617. The van der Waals surface area contributed by atoms with Crippen molar-refractivity contribution < 1.29 is 4.79 Å². The Balaban J connectivity index is 0.000000478. The van der Waals surface area contributed by atoms with E-state index in [0.717, 1.165) is 12.0 Å². The smallest absolute Gasteiger partial charge is 0.227 e. The first-order valence-electron chi connectivity index (χ1n) is 10.4. The van der Waals surface area contributed by atoms with Crippen molar-refractivity contribution in [3.05, 3.63) is 45.0 Å². The Morgan fingerprint density at radius 3 is 2.39 bits per heavy atom. The standard InChI is InChI=1S/C17H18Cl3N5O.C4H9N/c1-11(13-3-2-12(18)8-14(13)19)22-16-15(20)9-21-17(23-16)25-6-4-24(10-26)5-7-25;1-2-4-5-3-1/h2-3,8-11H,4-7H2,1H3,(H,21,22,23);5H,1-4H2. The summed E-state index contributed by atoms with van der Waals surface area (Å²) >= 11 is 18.5. The highest BCUT2D eigenvalue weighted by atomic mass is 35.5. The summed E-state index contributed by atoms with van der Waals surface area (Å²) in [4.78, 5) is 23.5. The number of hydrogen-bond donors (Lipinski definition) is 2. The maximum absolute atomic E-state index is 10.8. The molecule has 2 aliphatic heterocycles. The summed E-state index contributed by atoms with van der Waals surface area (Å²) in [6.07, 6.45) is 5.22. The number of piperazine rings is 1. The van der Waals surface area contributed by atoms with E-state index in [-0.39, 0.29) is 6.04 Å². The molecule has 2 saturated heterocycles. The van der Waals surface area contributed by atoms with Crippen LogP contribution < -0.4 is 15.5 Å². The average Bonchev–Trinajstić information content (AvgIpc) is 3.35. The lowest BCUT2D eigenvalue weighted by atomic mass is 10.1. The maximum Gasteiger partial charge on any atom is 0.227 e. The van der Waals surface area contributed by atoms with Gasteiger partial charge in [0, 0.05) is 36.2 Å². The van der Waals surface area contributed by atoms with E-state index in [1.54, 1.807) is 23.2 Å². The van der Waals surface area contributed by atoms with E-state index in [0.29, 0.717) is 53.0 Å². The van der Waals surface area contributed by atoms with Gasteiger partial charge in [-0.25, -0.2) is 4.98 Å². The van der Waals surface area contributed by atoms with Crippen molar-refractivity contribution in [3.8, 4) is 0 Å². The third kappa shape index (κ3) is 6.84. The van der Waals surface area contributed by atoms with Crippen molar-refractivity contribution in [2.45, 2.75) is 25.8 Å². The van der Waals surface area contributed by atoms with Crippen LogP contribution in [0, 0.1) is 0 Å². The van der Waals surface area contributed by atoms with Gasteiger partial charge in [0.1, 0.15) is 5.02 Å². The van der Waals surface area contributed by atoms with Crippen molar-refractivity contribution in [2.75, 3.05) is 49.5 Å². The highest BCUT2D eigenvalue weighted by Crippen LogP contribution is 2.30. The molecule has 0 aliphatic carbocycles. The molecular formula is C21H27Cl3N6O. The summed E-state index contributed by atoms with van der Waals surface area (Å²) in [6.45, 7) is 7.12. The number of halogens is 3. The summed E-state index contributed by atoms with van der Waals surface area (Å²) in [5.41, 5.74) is 0.895. The molecule has 31 heavy (non-hydrogen) atoms. The van der Waals surface area contributed by atoms with E-state index >= 15 is 0 Å². The second-order valence-electron chi connectivity index (χ2n) is 7.48. The lowest BCUT2D eigenvalue weighted by Gasteiger charge is -2.32. The van der Waals surface area contributed by atoms with E-state index in [4.69, 9.17) is 34.8 Å². The first-order chi connectivity index (χ1) is 15.0. The molecule has 10 heteroatoms. The summed E-state index contributed by atoms with van der Waals surface area (Å²) in [5, 5.41) is 8.10. The second kappa shape index (κ2) is 11.7. The zero-order chi connectivity index (χ0) is 22.2. The van der Waals surface area contributed by atoms with Gasteiger partial charge in [-0.1, -0.05) is 40.9 Å². The number of amides is 1. The third-order valence-corrected chi connectivity index (χ3v) is 6.06. The monoisotopic (exact) mass is 484 g/mol. The largest absolute Gasteiger partial charge is 0.362 e. The Kier molecular flexibility index (Phi) is 9.02. The Morgan fingerprint density at radius 2 is 1.81 bits per heavy atom. The minimum absolute atomic E-state index is 0.119. The Morgan fingerprint density at radius 1 is 1.10 bits per heavy atom. The molecule has 2 N–H and O–H groups in total. The number of anilines is 2. The van der Waals surface area contributed by atoms with Gasteiger partial charge in [0.25, 0.3) is 0 Å². The van der Waals surface area contributed by atoms with E-state index < -0.39 is 0 Å². The SMILES string of the molecule is C1CCNC1.CC(Nc1nc(N2CCN(C=O)CC2)ncc1Cl)c1ccc(Cl)cc1Cl. The predicted octanol–water partition coefficient (Wildman–Crippen LogP) is 4.26. The van der Waals surface area contributed by atoms with E-state index in [9.17, 15) is 4.79 Å². The van der Waals surface area contributed by atoms with Crippen LogP contribution in [0.15, 0.2) is 24.4 Å². The van der Waals surface area contributed by atoms with Crippen LogP contribution in [0.4, 0.5) is 11.8 Å². The topological polar surface area (TPSA) is 73.4 Å². The predicted molar refractivity (Wildman–Crippen MR) is 127 cm³/mol. The number of carbonyl (C=O) groups excluding carboxylic acids is 1. The lowest BCUT2D eigenvalue weighted by Crippen LogP contribution is -2.46. The van der Waals surface area contributed by atoms with E-state index in [2.05, 4.69) is 20.6 Å². The fourth-order valence-corrected chi connectivity index (χ4v) is 4.12. The molecule has 1 aromatic carbocycles. The minimum Gasteiger partial charge on any atom is -0.362 e. The molecule has 2 fully saturated rings. The molecule has 4 rings (SSSR count). The fraction of sp³-hybridized carbons (Fsp3) is 0.476. The Bertz CT molecular complexity index is 865. The zero-order valence-corrected chi connectivity index (χ0v) is 19.7. The van der Waals surface area contributed by atoms with Crippen LogP contribution in [0.1, 0.15) is 31.4 Å². The molecule has 0 radical (unpaired) electrons. The maximum atomic E-state index is 10.8. The molecule has 2 aromatic rings. The molecule has 2 aliphatic rings. The van der Waals surface area contributed by atoms with Crippen LogP contribution in [-0.2, 0) is 4.79 Å². The third-order valence-electron chi connectivity index (χ3n) is 5.22. The first kappa shape index (κ1) is 23.9. The van der Waals surface area contributed by atoms with Crippen LogP contribution in [0.2, 0.25) is 15.1 Å². The van der Waals surface area contributed by atoms with Crippen molar-refractivity contribution in [3.63, 3.8) is 0 Å². The van der Waals surface area contributed by atoms with Gasteiger partial charge in [0.2, 0.25) is 12.4 Å². The highest BCUT2D eigenvalue weighted by molar-refractivity contribution is 6.35. The van der Waals surface area contributed by atoms with Crippen molar-refractivity contribution in [1.82, 2.24) is 20.2 Å². The van der Waals surface area contributed by atoms with Gasteiger partial charge in [-0.2, -0.15) is 4.98 Å². The van der Waals surface area contributed by atoms with Crippen LogP contribution in [0.25, 0.3) is 0 Å². The summed E-state index contributed by atoms with van der Waals surface area (Å²) in [5.74, 6) is 1.12. The summed E-state index contributed by atoms with van der Waals surface area (Å²) < 4.78 is 0. The molecule has 1 atom stereocenters. The normalized spacial score (nSPS) is 17.0. The lowest BCUT2D eigenvalue weighted by molar-refractivity contribution is -0.118. The van der Waals surface area contributed by atoms with Gasteiger partial charge < -0.3 is 20.4 Å². The molecule has 0 bridgehead atoms. The second-order valence-corrected chi connectivity index (χ2v) is 8.73. The average molecular weight is 486 g/mol. The van der Waals surface area contributed by atoms with Crippen molar-refractivity contribution >= 4 is 53.0 Å². The number of rotatable bonds is 5. The number of aromatic nitrogens is 2. The van der Waals surface area contributed by atoms with Gasteiger partial charge in [0.05, 0.1) is 12.2 Å². The van der Waals surface area contributed by atoms with Crippen LogP contribution in [0.3, 0.4) is 0 Å². The van der Waals surface area contributed by atoms with E-state index in [1.807, 2.05) is 17.9 Å². The highest BCUT2D eigenvalue weighted by Gasteiger charge is 2.20. The summed E-state index contributed by atoms with van der Waals surface area (Å²) in [6, 6.07) is 5.25. The van der Waals surface area contributed by atoms with Crippen LogP contribution in [-0.4, -0.2) is 60.5 Å². The molecule has 168 valence electrons. The molecule has 7 nitrogen and oxygen atoms in total. The van der Waals surface area contributed by atoms with Gasteiger partial charge >= 0.3 is 0 Å². The van der Waals surface area contributed by atoms with E-state index in [1.165, 1.54) is 25.9 Å². The van der Waals surface area contributed by atoms with Crippen LogP contribution >= 0.6 is 34.8 Å². The Hall–Kier alpha value is -1.80. The first-order valence-corrected chi connectivity index (χ1v) is 11.5. The number of hydrogen-bond acceptors (Lipinski definition) is 6. The number of benzene rings is 1. The van der Waals surface area contributed by atoms with Gasteiger partial charge in [-0.05, 0) is 50.6 Å². The molecule has 0 saturated carbocycles. The van der Waals surface area contributed by atoms with Crippen LogP contribution in [0.5, 0.6) is 0 Å². The molecule has 3 heterocycles. The zero-order valence-electron chi connectivity index (χ0n) is 17.5. The minimum atomic E-state index is -0.119. The van der Waals surface area contributed by atoms with Crippen molar-refractivity contribution in [1.29, 1.82) is 0 Å². The number of carbonyl (C=O) groups is 1. The molecular weight excluding hydrogens is 459 g/mol. The van der Waals surface area contributed by atoms with Gasteiger partial charge in [-0.3, -0.25) is 4.79 Å². The number of nitrogens with one attached hydrogen (secondary N) is 2.